The lowest BCUT2D eigenvalue weighted by molar-refractivity contribution is 0.0663. The molecule has 0 spiro atoms. The Bertz CT molecular complexity index is 914. The molecular weight excluding hydrogens is 315 g/mol. The molecule has 25 heavy (non-hydrogen) atoms. The second-order valence-corrected chi connectivity index (χ2v) is 6.39. The Hall–Kier alpha value is -2.88. The van der Waals surface area contributed by atoms with Crippen LogP contribution in [0.3, 0.4) is 0 Å². The van der Waals surface area contributed by atoms with Gasteiger partial charge >= 0.3 is 0 Å². The van der Waals surface area contributed by atoms with Crippen molar-refractivity contribution < 1.29 is 9.18 Å². The normalized spacial score (nSPS) is 16.6. The average molecular weight is 334 g/mol. The number of benzene rings is 2. The van der Waals surface area contributed by atoms with E-state index in [1.165, 1.54) is 12.1 Å². The molecule has 2 aromatic carbocycles. The number of fused-ring (bicyclic) bond motifs is 1. The van der Waals surface area contributed by atoms with Gasteiger partial charge in [-0.3, -0.25) is 4.79 Å². The molecule has 126 valence electrons. The van der Waals surface area contributed by atoms with Crippen LogP contribution in [-0.4, -0.2) is 21.9 Å². The number of nitrogens with zero attached hydrogens (tertiary/aromatic N) is 2. The van der Waals surface area contributed by atoms with Gasteiger partial charge in [0.2, 0.25) is 0 Å². The lowest BCUT2D eigenvalue weighted by atomic mass is 9.98. The molecule has 0 radical (unpaired) electrons. The van der Waals surface area contributed by atoms with Gasteiger partial charge in [0.1, 0.15) is 5.82 Å². The van der Waals surface area contributed by atoms with E-state index in [0.29, 0.717) is 6.54 Å². The Labute approximate surface area is 146 Å². The largest absolute Gasteiger partial charge is 0.348 e. The first-order valence-electron chi connectivity index (χ1n) is 8.42. The minimum absolute atomic E-state index is 0.0138. The number of amides is 1. The Morgan fingerprint density at radius 2 is 1.76 bits per heavy atom. The molecule has 4 heteroatoms. The van der Waals surface area contributed by atoms with Crippen molar-refractivity contribution in [3.05, 3.63) is 95.1 Å². The molecule has 0 saturated heterocycles. The second-order valence-electron chi connectivity index (χ2n) is 6.39. The molecular formula is C21H19FN2O. The Kier molecular flexibility index (Phi) is 3.88. The first-order chi connectivity index (χ1) is 12.1. The van der Waals surface area contributed by atoms with Crippen LogP contribution < -0.4 is 0 Å². The summed E-state index contributed by atoms with van der Waals surface area (Å²) in [5, 5.41) is 0. The fourth-order valence-electron chi connectivity index (χ4n) is 3.57. The summed E-state index contributed by atoms with van der Waals surface area (Å²) in [6.07, 6.45) is 2.03. The van der Waals surface area contributed by atoms with Gasteiger partial charge in [-0.25, -0.2) is 4.39 Å². The molecule has 1 aliphatic heterocycles. The molecule has 1 aromatic heterocycles. The molecule has 1 amide bonds. The number of halogens is 1. The number of aromatic nitrogens is 1. The fraction of sp³-hybridized carbons (Fsp3) is 0.190. The molecule has 0 unspecified atom stereocenters. The van der Waals surface area contributed by atoms with Crippen molar-refractivity contribution in [1.82, 2.24) is 9.47 Å². The molecule has 4 rings (SSSR count). The number of rotatable bonds is 2. The van der Waals surface area contributed by atoms with Crippen LogP contribution in [0.25, 0.3) is 0 Å². The first kappa shape index (κ1) is 15.6. The van der Waals surface area contributed by atoms with Crippen LogP contribution >= 0.6 is 0 Å². The van der Waals surface area contributed by atoms with Gasteiger partial charge < -0.3 is 9.47 Å². The summed E-state index contributed by atoms with van der Waals surface area (Å²) in [6.45, 7) is 3.33. The lowest BCUT2D eigenvalue weighted by Crippen LogP contribution is -2.42. The zero-order valence-corrected chi connectivity index (χ0v) is 14.0. The highest BCUT2D eigenvalue weighted by molar-refractivity contribution is 5.96. The maximum Gasteiger partial charge on any atom is 0.255 e. The maximum atomic E-state index is 13.4. The minimum Gasteiger partial charge on any atom is -0.348 e. The van der Waals surface area contributed by atoms with Crippen molar-refractivity contribution in [1.29, 1.82) is 0 Å². The van der Waals surface area contributed by atoms with Gasteiger partial charge in [-0.15, -0.1) is 0 Å². The standard InChI is InChI=1S/C21H19FN2O/c1-15-5-2-3-6-18(15)21(25)24-14-13-23-12-4-7-19(23)20(24)16-8-10-17(22)11-9-16/h2-12,20H,13-14H2,1H3/t20-/m1/s1. The number of hydrogen-bond donors (Lipinski definition) is 0. The van der Waals surface area contributed by atoms with Crippen molar-refractivity contribution >= 4 is 5.91 Å². The van der Waals surface area contributed by atoms with E-state index >= 15 is 0 Å². The Morgan fingerprint density at radius 3 is 2.52 bits per heavy atom. The summed E-state index contributed by atoms with van der Waals surface area (Å²) in [5.41, 5.74) is 3.66. The zero-order chi connectivity index (χ0) is 17.4. The van der Waals surface area contributed by atoms with E-state index in [1.54, 1.807) is 12.1 Å². The highest BCUT2D eigenvalue weighted by Gasteiger charge is 2.33. The predicted molar refractivity (Wildman–Crippen MR) is 94.9 cm³/mol. The SMILES string of the molecule is Cc1ccccc1C(=O)N1CCn2cccc2[C@H]1c1ccc(F)cc1. The number of hydrogen-bond acceptors (Lipinski definition) is 1. The van der Waals surface area contributed by atoms with Gasteiger partial charge in [0.05, 0.1) is 6.04 Å². The van der Waals surface area contributed by atoms with Crippen LogP contribution in [0.4, 0.5) is 4.39 Å². The summed E-state index contributed by atoms with van der Waals surface area (Å²) in [6, 6.07) is 17.9. The van der Waals surface area contributed by atoms with Crippen molar-refractivity contribution in [2.24, 2.45) is 0 Å². The number of carbonyl (C=O) groups is 1. The van der Waals surface area contributed by atoms with E-state index in [1.807, 2.05) is 54.4 Å². The Morgan fingerprint density at radius 1 is 1.00 bits per heavy atom. The molecule has 0 bridgehead atoms. The van der Waals surface area contributed by atoms with Gasteiger partial charge in [-0.2, -0.15) is 0 Å². The van der Waals surface area contributed by atoms with Crippen molar-refractivity contribution in [3.63, 3.8) is 0 Å². The molecule has 1 atom stereocenters. The molecule has 0 aliphatic carbocycles. The molecule has 3 nitrogen and oxygen atoms in total. The third-order valence-electron chi connectivity index (χ3n) is 4.86. The average Bonchev–Trinajstić information content (AvgIpc) is 3.10. The molecule has 0 fully saturated rings. The maximum absolute atomic E-state index is 13.4. The first-order valence-corrected chi connectivity index (χ1v) is 8.42. The van der Waals surface area contributed by atoms with Crippen LogP contribution in [0.2, 0.25) is 0 Å². The van der Waals surface area contributed by atoms with E-state index < -0.39 is 0 Å². The minimum atomic E-state index is -0.272. The van der Waals surface area contributed by atoms with Crippen molar-refractivity contribution in [2.75, 3.05) is 6.54 Å². The molecule has 0 saturated carbocycles. The topological polar surface area (TPSA) is 25.2 Å². The summed E-state index contributed by atoms with van der Waals surface area (Å²) in [7, 11) is 0. The molecule has 3 aromatic rings. The Balaban J connectivity index is 1.79. The molecule has 2 heterocycles. The summed E-state index contributed by atoms with van der Waals surface area (Å²) < 4.78 is 15.5. The fourth-order valence-corrected chi connectivity index (χ4v) is 3.57. The number of aryl methyl sites for hydroxylation is 1. The monoisotopic (exact) mass is 334 g/mol. The third-order valence-corrected chi connectivity index (χ3v) is 4.86. The van der Waals surface area contributed by atoms with E-state index in [4.69, 9.17) is 0 Å². The van der Waals surface area contributed by atoms with Gasteiger partial charge in [0.25, 0.3) is 5.91 Å². The van der Waals surface area contributed by atoms with E-state index in [-0.39, 0.29) is 17.8 Å². The van der Waals surface area contributed by atoms with Crippen LogP contribution in [0, 0.1) is 12.7 Å². The van der Waals surface area contributed by atoms with Crippen LogP contribution in [0.15, 0.2) is 66.9 Å². The van der Waals surface area contributed by atoms with Crippen LogP contribution in [0.1, 0.15) is 33.2 Å². The van der Waals surface area contributed by atoms with Gasteiger partial charge in [0, 0.05) is 30.5 Å². The van der Waals surface area contributed by atoms with Gasteiger partial charge in [-0.05, 0) is 48.4 Å². The summed E-state index contributed by atoms with van der Waals surface area (Å²) in [4.78, 5) is 15.1. The van der Waals surface area contributed by atoms with E-state index in [0.717, 1.165) is 28.9 Å². The van der Waals surface area contributed by atoms with Crippen molar-refractivity contribution in [3.8, 4) is 0 Å². The lowest BCUT2D eigenvalue weighted by Gasteiger charge is -2.37. The summed E-state index contributed by atoms with van der Waals surface area (Å²) in [5.74, 6) is -0.258. The predicted octanol–water partition coefficient (Wildman–Crippen LogP) is 4.18. The van der Waals surface area contributed by atoms with Gasteiger partial charge in [0.15, 0.2) is 0 Å². The molecule has 1 aliphatic rings. The van der Waals surface area contributed by atoms with E-state index in [2.05, 4.69) is 4.57 Å². The zero-order valence-electron chi connectivity index (χ0n) is 14.0. The summed E-state index contributed by atoms with van der Waals surface area (Å²) >= 11 is 0. The number of carbonyl (C=O) groups excluding carboxylic acids is 1. The quantitative estimate of drug-likeness (QED) is 0.690. The molecule has 0 N–H and O–H groups in total. The second kappa shape index (κ2) is 6.20. The highest BCUT2D eigenvalue weighted by Crippen LogP contribution is 2.33. The highest BCUT2D eigenvalue weighted by atomic mass is 19.1. The van der Waals surface area contributed by atoms with Crippen LogP contribution in [-0.2, 0) is 6.54 Å². The van der Waals surface area contributed by atoms with Crippen LogP contribution in [0.5, 0.6) is 0 Å². The third kappa shape index (κ3) is 2.74. The van der Waals surface area contributed by atoms with Gasteiger partial charge in [-0.1, -0.05) is 30.3 Å². The van der Waals surface area contributed by atoms with E-state index in [9.17, 15) is 9.18 Å². The van der Waals surface area contributed by atoms with Crippen molar-refractivity contribution in [2.45, 2.75) is 19.5 Å². The smallest absolute Gasteiger partial charge is 0.255 e.